The van der Waals surface area contributed by atoms with Crippen LogP contribution in [0.25, 0.3) is 0 Å². The van der Waals surface area contributed by atoms with Crippen LogP contribution in [0.1, 0.15) is 0 Å². The highest BCUT2D eigenvalue weighted by Crippen LogP contribution is 2.30. The lowest BCUT2D eigenvalue weighted by Crippen LogP contribution is -2.51. The predicted molar refractivity (Wildman–Crippen MR) is 83.8 cm³/mol. The Kier molecular flexibility index (Phi) is 5.44. The molecule has 1 heterocycles. The van der Waals surface area contributed by atoms with E-state index in [0.29, 0.717) is 41.4 Å². The van der Waals surface area contributed by atoms with E-state index in [1.165, 1.54) is 0 Å². The molecule has 0 atom stereocenters. The number of carboxylic acid groups (broad SMARTS) is 1. The molecule has 2 amide bonds. The van der Waals surface area contributed by atoms with Gasteiger partial charge in [0, 0.05) is 26.2 Å². The lowest BCUT2D eigenvalue weighted by molar-refractivity contribution is -0.138. The number of aliphatic carboxylic acids is 1. The monoisotopic (exact) mass is 375 g/mol. The number of carbonyl (C=O) groups excluding carboxylic acids is 1. The van der Waals surface area contributed by atoms with Crippen LogP contribution in [0.5, 0.6) is 0 Å². The van der Waals surface area contributed by atoms with Gasteiger partial charge in [0.2, 0.25) is 0 Å². The van der Waals surface area contributed by atoms with Crippen molar-refractivity contribution in [3.63, 3.8) is 0 Å². The van der Waals surface area contributed by atoms with E-state index in [2.05, 4.69) is 21.2 Å². The Morgan fingerprint density at radius 1 is 1.29 bits per heavy atom. The summed E-state index contributed by atoms with van der Waals surface area (Å²) >= 11 is 9.31. The standard InChI is InChI=1S/C13H15BrClN3O3/c14-12-9(15)2-1-3-10(12)16-13(21)18-6-4-17(5-7-18)8-11(19)20/h1-3H,4-8H2,(H,16,21)(H,19,20). The van der Waals surface area contributed by atoms with E-state index in [4.69, 9.17) is 16.7 Å². The highest BCUT2D eigenvalue weighted by molar-refractivity contribution is 9.10. The molecule has 1 saturated heterocycles. The molecule has 114 valence electrons. The predicted octanol–water partition coefficient (Wildman–Crippen LogP) is 2.34. The smallest absolute Gasteiger partial charge is 0.321 e. The van der Waals surface area contributed by atoms with Crippen LogP contribution >= 0.6 is 27.5 Å². The fourth-order valence-corrected chi connectivity index (χ4v) is 2.63. The summed E-state index contributed by atoms with van der Waals surface area (Å²) in [7, 11) is 0. The van der Waals surface area contributed by atoms with Crippen molar-refractivity contribution in [3.8, 4) is 0 Å². The molecule has 1 aromatic rings. The number of hydrogen-bond acceptors (Lipinski definition) is 3. The van der Waals surface area contributed by atoms with Gasteiger partial charge in [0.1, 0.15) is 0 Å². The van der Waals surface area contributed by atoms with Crippen LogP contribution in [0.2, 0.25) is 5.02 Å². The normalized spacial score (nSPS) is 15.8. The van der Waals surface area contributed by atoms with Crippen LogP contribution in [0.3, 0.4) is 0 Å². The summed E-state index contributed by atoms with van der Waals surface area (Å²) in [6.07, 6.45) is 0. The molecular weight excluding hydrogens is 362 g/mol. The average Bonchev–Trinajstić information content (AvgIpc) is 2.44. The first-order valence-corrected chi connectivity index (χ1v) is 7.58. The molecule has 2 N–H and O–H groups in total. The van der Waals surface area contributed by atoms with Gasteiger partial charge in [-0.1, -0.05) is 17.7 Å². The molecule has 8 heteroatoms. The van der Waals surface area contributed by atoms with Gasteiger partial charge in [0.05, 0.1) is 21.7 Å². The van der Waals surface area contributed by atoms with Crippen molar-refractivity contribution in [2.45, 2.75) is 0 Å². The van der Waals surface area contributed by atoms with Gasteiger partial charge in [0.15, 0.2) is 0 Å². The number of nitrogens with zero attached hydrogens (tertiary/aromatic N) is 2. The van der Waals surface area contributed by atoms with Gasteiger partial charge in [-0.3, -0.25) is 9.69 Å². The zero-order valence-electron chi connectivity index (χ0n) is 11.2. The van der Waals surface area contributed by atoms with Crippen molar-refractivity contribution >= 4 is 45.2 Å². The van der Waals surface area contributed by atoms with E-state index in [9.17, 15) is 9.59 Å². The molecule has 1 aliphatic heterocycles. The minimum Gasteiger partial charge on any atom is -0.480 e. The van der Waals surface area contributed by atoms with Gasteiger partial charge in [-0.25, -0.2) is 4.79 Å². The second kappa shape index (κ2) is 7.11. The molecule has 2 rings (SSSR count). The van der Waals surface area contributed by atoms with Gasteiger partial charge in [-0.15, -0.1) is 0 Å². The minimum atomic E-state index is -0.851. The van der Waals surface area contributed by atoms with Gasteiger partial charge < -0.3 is 15.3 Å². The number of urea groups is 1. The molecule has 1 fully saturated rings. The molecule has 0 radical (unpaired) electrons. The Balaban J connectivity index is 1.90. The van der Waals surface area contributed by atoms with Crippen LogP contribution in [-0.2, 0) is 4.79 Å². The number of halogens is 2. The fraction of sp³-hybridized carbons (Fsp3) is 0.385. The van der Waals surface area contributed by atoms with Crippen LogP contribution in [0.4, 0.5) is 10.5 Å². The van der Waals surface area contributed by atoms with Crippen LogP contribution in [-0.4, -0.2) is 59.6 Å². The molecular formula is C13H15BrClN3O3. The zero-order valence-corrected chi connectivity index (χ0v) is 13.5. The number of carbonyl (C=O) groups is 2. The molecule has 1 aliphatic rings. The molecule has 0 saturated carbocycles. The number of piperazine rings is 1. The van der Waals surface area contributed by atoms with Gasteiger partial charge in [-0.05, 0) is 28.1 Å². The van der Waals surface area contributed by atoms with Gasteiger partial charge in [-0.2, -0.15) is 0 Å². The summed E-state index contributed by atoms with van der Waals surface area (Å²) in [6.45, 7) is 2.11. The van der Waals surface area contributed by atoms with Crippen molar-refractivity contribution in [1.82, 2.24) is 9.80 Å². The number of benzene rings is 1. The zero-order chi connectivity index (χ0) is 15.4. The van der Waals surface area contributed by atoms with E-state index < -0.39 is 5.97 Å². The molecule has 0 aromatic heterocycles. The lowest BCUT2D eigenvalue weighted by Gasteiger charge is -2.33. The molecule has 0 aliphatic carbocycles. The maximum atomic E-state index is 12.2. The summed E-state index contributed by atoms with van der Waals surface area (Å²) < 4.78 is 0.643. The number of hydrogen-bond donors (Lipinski definition) is 2. The summed E-state index contributed by atoms with van der Waals surface area (Å²) in [6, 6.07) is 5.03. The SMILES string of the molecule is O=C(O)CN1CCN(C(=O)Nc2cccc(Cl)c2Br)CC1. The Labute approximate surface area is 135 Å². The van der Waals surface area contributed by atoms with Crippen molar-refractivity contribution in [1.29, 1.82) is 0 Å². The van der Waals surface area contributed by atoms with E-state index in [-0.39, 0.29) is 12.6 Å². The minimum absolute atomic E-state index is 0.00923. The van der Waals surface area contributed by atoms with Crippen molar-refractivity contribution in [2.75, 3.05) is 38.0 Å². The maximum Gasteiger partial charge on any atom is 0.321 e. The van der Waals surface area contributed by atoms with E-state index in [1.807, 2.05) is 0 Å². The van der Waals surface area contributed by atoms with Crippen molar-refractivity contribution < 1.29 is 14.7 Å². The second-order valence-electron chi connectivity index (χ2n) is 4.69. The quantitative estimate of drug-likeness (QED) is 0.849. The number of carboxylic acids is 1. The first-order valence-electron chi connectivity index (χ1n) is 6.41. The average molecular weight is 377 g/mol. The first-order chi connectivity index (χ1) is 9.97. The molecule has 21 heavy (non-hydrogen) atoms. The number of rotatable bonds is 3. The molecule has 6 nitrogen and oxygen atoms in total. The Morgan fingerprint density at radius 2 is 1.95 bits per heavy atom. The summed E-state index contributed by atoms with van der Waals surface area (Å²) in [4.78, 5) is 26.3. The number of anilines is 1. The summed E-state index contributed by atoms with van der Waals surface area (Å²) in [5, 5.41) is 12.1. The summed E-state index contributed by atoms with van der Waals surface area (Å²) in [5.74, 6) is -0.851. The molecule has 0 spiro atoms. The third kappa shape index (κ3) is 4.33. The van der Waals surface area contributed by atoms with Crippen LogP contribution in [0.15, 0.2) is 22.7 Å². The van der Waals surface area contributed by atoms with E-state index in [1.54, 1.807) is 28.0 Å². The third-order valence-corrected chi connectivity index (χ3v) is 4.61. The van der Waals surface area contributed by atoms with E-state index >= 15 is 0 Å². The largest absolute Gasteiger partial charge is 0.480 e. The molecule has 1 aromatic carbocycles. The van der Waals surface area contributed by atoms with Gasteiger partial charge >= 0.3 is 12.0 Å². The number of nitrogens with one attached hydrogen (secondary N) is 1. The summed E-state index contributed by atoms with van der Waals surface area (Å²) in [5.41, 5.74) is 0.612. The van der Waals surface area contributed by atoms with E-state index in [0.717, 1.165) is 0 Å². The van der Waals surface area contributed by atoms with Crippen molar-refractivity contribution in [2.24, 2.45) is 0 Å². The lowest BCUT2D eigenvalue weighted by atomic mass is 10.3. The Hall–Kier alpha value is -1.31. The molecule has 0 bridgehead atoms. The third-order valence-electron chi connectivity index (χ3n) is 3.21. The van der Waals surface area contributed by atoms with Crippen LogP contribution in [0, 0.1) is 0 Å². The Bertz CT molecular complexity index is 547. The highest BCUT2D eigenvalue weighted by atomic mass is 79.9. The topological polar surface area (TPSA) is 72.9 Å². The van der Waals surface area contributed by atoms with Gasteiger partial charge in [0.25, 0.3) is 0 Å². The maximum absolute atomic E-state index is 12.2. The van der Waals surface area contributed by atoms with Crippen molar-refractivity contribution in [3.05, 3.63) is 27.7 Å². The number of amides is 2. The van der Waals surface area contributed by atoms with Crippen LogP contribution < -0.4 is 5.32 Å². The molecule has 0 unspecified atom stereocenters. The Morgan fingerprint density at radius 3 is 2.57 bits per heavy atom. The second-order valence-corrected chi connectivity index (χ2v) is 5.89. The highest BCUT2D eigenvalue weighted by Gasteiger charge is 2.22. The fourth-order valence-electron chi connectivity index (χ4n) is 2.09. The first kappa shape index (κ1) is 16.1.